The molecule has 2 aromatic carbocycles. The highest BCUT2D eigenvalue weighted by Gasteiger charge is 2.18. The van der Waals surface area contributed by atoms with Crippen LogP contribution in [0.5, 0.6) is 11.5 Å². The molecule has 0 atom stereocenters. The van der Waals surface area contributed by atoms with Gasteiger partial charge in [0.2, 0.25) is 0 Å². The summed E-state index contributed by atoms with van der Waals surface area (Å²) < 4.78 is 5.18. The molecule has 1 N–H and O–H groups in total. The summed E-state index contributed by atoms with van der Waals surface area (Å²) in [6.45, 7) is 4.22. The van der Waals surface area contributed by atoms with Gasteiger partial charge < -0.3 is 9.84 Å². The van der Waals surface area contributed by atoms with E-state index in [1.54, 1.807) is 7.11 Å². The summed E-state index contributed by atoms with van der Waals surface area (Å²) in [5, 5.41) is 9.89. The SMILES string of the molecule is C=C(c1ccc(OC)cc1)c1cc(O)cc2c1CCC2. The number of aryl methyl sites for hydroxylation is 1. The highest BCUT2D eigenvalue weighted by molar-refractivity contribution is 5.81. The van der Waals surface area contributed by atoms with Gasteiger partial charge in [-0.15, -0.1) is 0 Å². The molecular formula is C18H18O2. The standard InChI is InChI=1S/C18H18O2/c1-12(13-6-8-16(20-2)9-7-13)18-11-15(19)10-14-4-3-5-17(14)18/h6-11,19H,1,3-5H2,2H3. The fourth-order valence-corrected chi connectivity index (χ4v) is 2.91. The second kappa shape index (κ2) is 5.04. The van der Waals surface area contributed by atoms with Crippen LogP contribution in [0, 0.1) is 0 Å². The largest absolute Gasteiger partial charge is 0.508 e. The van der Waals surface area contributed by atoms with Crippen molar-refractivity contribution in [2.45, 2.75) is 19.3 Å². The van der Waals surface area contributed by atoms with Crippen LogP contribution in [0.2, 0.25) is 0 Å². The van der Waals surface area contributed by atoms with Crippen LogP contribution in [-0.4, -0.2) is 12.2 Å². The number of fused-ring (bicyclic) bond motifs is 1. The van der Waals surface area contributed by atoms with Crippen molar-refractivity contribution in [3.8, 4) is 11.5 Å². The summed E-state index contributed by atoms with van der Waals surface area (Å²) >= 11 is 0. The topological polar surface area (TPSA) is 29.5 Å². The Balaban J connectivity index is 2.02. The van der Waals surface area contributed by atoms with Crippen molar-refractivity contribution >= 4 is 5.57 Å². The summed E-state index contributed by atoms with van der Waals surface area (Å²) in [7, 11) is 1.66. The van der Waals surface area contributed by atoms with Gasteiger partial charge in [-0.05, 0) is 71.4 Å². The molecule has 0 saturated carbocycles. The summed E-state index contributed by atoms with van der Waals surface area (Å²) in [4.78, 5) is 0. The van der Waals surface area contributed by atoms with E-state index >= 15 is 0 Å². The highest BCUT2D eigenvalue weighted by atomic mass is 16.5. The zero-order chi connectivity index (χ0) is 14.1. The first-order valence-electron chi connectivity index (χ1n) is 6.87. The van der Waals surface area contributed by atoms with E-state index in [1.807, 2.05) is 36.4 Å². The number of hydrogen-bond donors (Lipinski definition) is 1. The Labute approximate surface area is 119 Å². The van der Waals surface area contributed by atoms with Crippen molar-refractivity contribution < 1.29 is 9.84 Å². The third kappa shape index (κ3) is 2.18. The number of phenols is 1. The number of rotatable bonds is 3. The Kier molecular flexibility index (Phi) is 3.23. The van der Waals surface area contributed by atoms with Crippen LogP contribution in [0.15, 0.2) is 43.0 Å². The molecule has 3 rings (SSSR count). The van der Waals surface area contributed by atoms with Crippen LogP contribution in [0.1, 0.15) is 28.7 Å². The van der Waals surface area contributed by atoms with E-state index in [-0.39, 0.29) is 0 Å². The highest BCUT2D eigenvalue weighted by Crippen LogP contribution is 2.35. The fraction of sp³-hybridized carbons (Fsp3) is 0.222. The summed E-state index contributed by atoms with van der Waals surface area (Å²) in [5.41, 5.74) is 5.69. The van der Waals surface area contributed by atoms with E-state index in [4.69, 9.17) is 4.74 Å². The maximum atomic E-state index is 9.89. The summed E-state index contributed by atoms with van der Waals surface area (Å²) in [6, 6.07) is 11.6. The second-order valence-electron chi connectivity index (χ2n) is 5.19. The second-order valence-corrected chi connectivity index (χ2v) is 5.19. The molecular weight excluding hydrogens is 248 g/mol. The predicted molar refractivity (Wildman–Crippen MR) is 81.3 cm³/mol. The lowest BCUT2D eigenvalue weighted by Gasteiger charge is -2.13. The van der Waals surface area contributed by atoms with Gasteiger partial charge in [0.15, 0.2) is 0 Å². The molecule has 0 amide bonds. The maximum absolute atomic E-state index is 9.89. The molecule has 0 bridgehead atoms. The maximum Gasteiger partial charge on any atom is 0.118 e. The zero-order valence-electron chi connectivity index (χ0n) is 11.6. The monoisotopic (exact) mass is 266 g/mol. The van der Waals surface area contributed by atoms with E-state index in [9.17, 15) is 5.11 Å². The summed E-state index contributed by atoms with van der Waals surface area (Å²) in [6.07, 6.45) is 3.27. The molecule has 2 nitrogen and oxygen atoms in total. The molecule has 102 valence electrons. The van der Waals surface area contributed by atoms with Crippen molar-refractivity contribution in [1.29, 1.82) is 0 Å². The van der Waals surface area contributed by atoms with Gasteiger partial charge in [0.25, 0.3) is 0 Å². The number of phenolic OH excluding ortho intramolecular Hbond substituents is 1. The van der Waals surface area contributed by atoms with Gasteiger partial charge in [0.05, 0.1) is 7.11 Å². The van der Waals surface area contributed by atoms with Gasteiger partial charge in [0, 0.05) is 0 Å². The average Bonchev–Trinajstić information content (AvgIpc) is 2.94. The Hall–Kier alpha value is -2.22. The van der Waals surface area contributed by atoms with E-state index in [0.717, 1.165) is 41.7 Å². The first-order valence-corrected chi connectivity index (χ1v) is 6.87. The fourth-order valence-electron chi connectivity index (χ4n) is 2.91. The van der Waals surface area contributed by atoms with Gasteiger partial charge in [-0.3, -0.25) is 0 Å². The zero-order valence-corrected chi connectivity index (χ0v) is 11.6. The predicted octanol–water partition coefficient (Wildman–Crippen LogP) is 3.95. The van der Waals surface area contributed by atoms with Crippen molar-refractivity contribution in [3.63, 3.8) is 0 Å². The molecule has 0 radical (unpaired) electrons. The van der Waals surface area contributed by atoms with Crippen LogP contribution in [0.3, 0.4) is 0 Å². The van der Waals surface area contributed by atoms with E-state index < -0.39 is 0 Å². The van der Waals surface area contributed by atoms with Gasteiger partial charge in [-0.1, -0.05) is 18.7 Å². The molecule has 0 fully saturated rings. The van der Waals surface area contributed by atoms with Crippen LogP contribution in [0.4, 0.5) is 0 Å². The molecule has 0 unspecified atom stereocenters. The lowest BCUT2D eigenvalue weighted by molar-refractivity contribution is 0.415. The Morgan fingerprint density at radius 2 is 1.90 bits per heavy atom. The first kappa shape index (κ1) is 12.8. The normalized spacial score (nSPS) is 13.1. The minimum Gasteiger partial charge on any atom is -0.508 e. The molecule has 20 heavy (non-hydrogen) atoms. The number of hydrogen-bond acceptors (Lipinski definition) is 2. The van der Waals surface area contributed by atoms with Crippen LogP contribution in [0.25, 0.3) is 5.57 Å². The smallest absolute Gasteiger partial charge is 0.118 e. The third-order valence-corrected chi connectivity index (χ3v) is 3.96. The molecule has 0 aromatic heterocycles. The van der Waals surface area contributed by atoms with Gasteiger partial charge in [0.1, 0.15) is 11.5 Å². The third-order valence-electron chi connectivity index (χ3n) is 3.96. The molecule has 0 heterocycles. The average molecular weight is 266 g/mol. The number of benzene rings is 2. The van der Waals surface area contributed by atoms with E-state index in [2.05, 4.69) is 6.58 Å². The van der Waals surface area contributed by atoms with Gasteiger partial charge >= 0.3 is 0 Å². The van der Waals surface area contributed by atoms with Crippen LogP contribution >= 0.6 is 0 Å². The van der Waals surface area contributed by atoms with Crippen molar-refractivity contribution in [2.24, 2.45) is 0 Å². The molecule has 2 heteroatoms. The lowest BCUT2D eigenvalue weighted by Crippen LogP contribution is -1.94. The van der Waals surface area contributed by atoms with Gasteiger partial charge in [-0.25, -0.2) is 0 Å². The van der Waals surface area contributed by atoms with Crippen molar-refractivity contribution in [2.75, 3.05) is 7.11 Å². The first-order chi connectivity index (χ1) is 9.69. The number of methoxy groups -OCH3 is 1. The molecule has 0 spiro atoms. The number of ether oxygens (including phenoxy) is 1. The van der Waals surface area contributed by atoms with Crippen LogP contribution < -0.4 is 4.74 Å². The molecule has 1 aliphatic rings. The quantitative estimate of drug-likeness (QED) is 0.911. The molecule has 1 aliphatic carbocycles. The summed E-state index contributed by atoms with van der Waals surface area (Å²) in [5.74, 6) is 1.16. The Bertz CT molecular complexity index is 654. The van der Waals surface area contributed by atoms with Crippen molar-refractivity contribution in [3.05, 3.63) is 65.2 Å². The molecule has 0 aliphatic heterocycles. The lowest BCUT2D eigenvalue weighted by atomic mass is 9.93. The molecule has 2 aromatic rings. The minimum atomic E-state index is 0.329. The number of aromatic hydroxyl groups is 1. The van der Waals surface area contributed by atoms with E-state index in [1.165, 1.54) is 11.1 Å². The molecule has 0 saturated heterocycles. The minimum absolute atomic E-state index is 0.329. The Morgan fingerprint density at radius 3 is 2.60 bits per heavy atom. The van der Waals surface area contributed by atoms with Crippen molar-refractivity contribution in [1.82, 2.24) is 0 Å². The van der Waals surface area contributed by atoms with Gasteiger partial charge in [-0.2, -0.15) is 0 Å². The van der Waals surface area contributed by atoms with Crippen LogP contribution in [-0.2, 0) is 12.8 Å². The van der Waals surface area contributed by atoms with E-state index in [0.29, 0.717) is 5.75 Å². The Morgan fingerprint density at radius 1 is 1.15 bits per heavy atom.